The van der Waals surface area contributed by atoms with Crippen molar-refractivity contribution < 1.29 is 14.3 Å². The van der Waals surface area contributed by atoms with Crippen LogP contribution in [0.2, 0.25) is 0 Å². The lowest BCUT2D eigenvalue weighted by atomic mass is 10.0. The topological polar surface area (TPSA) is 71.4 Å². The summed E-state index contributed by atoms with van der Waals surface area (Å²) in [6.07, 6.45) is 2.44. The van der Waals surface area contributed by atoms with Gasteiger partial charge in [-0.2, -0.15) is 5.26 Å². The van der Waals surface area contributed by atoms with Crippen LogP contribution >= 0.6 is 15.9 Å². The summed E-state index contributed by atoms with van der Waals surface area (Å²) >= 11 is 3.58. The van der Waals surface area contributed by atoms with E-state index in [2.05, 4.69) is 59.4 Å². The Bertz CT molecular complexity index is 1520. The number of aryl methyl sites for hydroxylation is 2. The van der Waals surface area contributed by atoms with E-state index >= 15 is 0 Å². The molecular weight excluding hydrogens is 528 g/mol. The van der Waals surface area contributed by atoms with Crippen molar-refractivity contribution in [2.24, 2.45) is 0 Å². The molecule has 0 aliphatic rings. The van der Waals surface area contributed by atoms with Crippen LogP contribution < -0.4 is 14.8 Å². The number of anilines is 1. The maximum absolute atomic E-state index is 12.7. The third-order valence-corrected chi connectivity index (χ3v) is 6.77. The molecule has 186 valence electrons. The van der Waals surface area contributed by atoms with E-state index in [1.807, 2.05) is 42.5 Å². The Morgan fingerprint density at radius 3 is 2.54 bits per heavy atom. The minimum Gasteiger partial charge on any atom is -0.493 e. The second-order valence-corrected chi connectivity index (χ2v) is 9.43. The number of nitrogens with zero attached hydrogens (tertiary/aromatic N) is 1. The van der Waals surface area contributed by atoms with Crippen molar-refractivity contribution in [2.75, 3.05) is 12.4 Å². The Morgan fingerprint density at radius 1 is 1.08 bits per heavy atom. The number of nitrogens with one attached hydrogen (secondary N) is 1. The summed E-state index contributed by atoms with van der Waals surface area (Å²) in [5.41, 5.74) is 4.66. The zero-order valence-electron chi connectivity index (χ0n) is 21.0. The van der Waals surface area contributed by atoms with Crippen molar-refractivity contribution in [2.45, 2.75) is 26.9 Å². The van der Waals surface area contributed by atoms with Gasteiger partial charge in [0.15, 0.2) is 11.5 Å². The molecule has 4 aromatic carbocycles. The molecule has 0 radical (unpaired) electrons. The average Bonchev–Trinajstić information content (AvgIpc) is 2.92. The van der Waals surface area contributed by atoms with E-state index in [0.717, 1.165) is 28.3 Å². The first-order valence-electron chi connectivity index (χ1n) is 11.9. The summed E-state index contributed by atoms with van der Waals surface area (Å²) in [7, 11) is 1.56. The van der Waals surface area contributed by atoms with Crippen molar-refractivity contribution in [1.29, 1.82) is 5.26 Å². The van der Waals surface area contributed by atoms with Crippen LogP contribution in [0.5, 0.6) is 11.5 Å². The molecule has 0 aliphatic carbocycles. The molecule has 0 aromatic heterocycles. The number of carbonyl (C=O) groups excluding carboxylic acids is 1. The molecule has 0 saturated carbocycles. The van der Waals surface area contributed by atoms with Crippen LogP contribution in [-0.2, 0) is 17.8 Å². The zero-order chi connectivity index (χ0) is 26.4. The number of methoxy groups -OCH3 is 1. The van der Waals surface area contributed by atoms with E-state index < -0.39 is 5.91 Å². The van der Waals surface area contributed by atoms with Gasteiger partial charge in [0.05, 0.1) is 11.6 Å². The van der Waals surface area contributed by atoms with Crippen LogP contribution in [-0.4, -0.2) is 13.0 Å². The van der Waals surface area contributed by atoms with E-state index in [9.17, 15) is 10.1 Å². The Morgan fingerprint density at radius 2 is 1.84 bits per heavy atom. The van der Waals surface area contributed by atoms with E-state index in [1.54, 1.807) is 19.2 Å². The average molecular weight is 555 g/mol. The molecule has 4 aromatic rings. The summed E-state index contributed by atoms with van der Waals surface area (Å²) in [5.74, 6) is 0.561. The van der Waals surface area contributed by atoms with Gasteiger partial charge >= 0.3 is 0 Å². The van der Waals surface area contributed by atoms with Gasteiger partial charge in [-0.15, -0.1) is 0 Å². The molecule has 0 fully saturated rings. The molecule has 1 N–H and O–H groups in total. The van der Waals surface area contributed by atoms with E-state index in [-0.39, 0.29) is 5.57 Å². The molecule has 0 aliphatic heterocycles. The molecule has 0 saturated heterocycles. The van der Waals surface area contributed by atoms with Crippen LogP contribution in [0, 0.1) is 18.3 Å². The van der Waals surface area contributed by atoms with Gasteiger partial charge in [0.1, 0.15) is 18.2 Å². The van der Waals surface area contributed by atoms with E-state index in [1.165, 1.54) is 11.6 Å². The lowest BCUT2D eigenvalue weighted by Crippen LogP contribution is -2.13. The predicted octanol–water partition coefficient (Wildman–Crippen LogP) is 7.61. The number of carbonyl (C=O) groups is 1. The summed E-state index contributed by atoms with van der Waals surface area (Å²) in [6.45, 7) is 4.50. The number of halogens is 1. The third-order valence-electron chi connectivity index (χ3n) is 6.18. The van der Waals surface area contributed by atoms with Crippen LogP contribution in [0.25, 0.3) is 16.8 Å². The number of hydrogen-bond acceptors (Lipinski definition) is 4. The monoisotopic (exact) mass is 554 g/mol. The molecule has 5 nitrogen and oxygen atoms in total. The summed E-state index contributed by atoms with van der Waals surface area (Å²) in [5, 5.41) is 14.7. The van der Waals surface area contributed by atoms with Crippen molar-refractivity contribution in [1.82, 2.24) is 0 Å². The molecule has 4 rings (SSSR count). The second-order valence-electron chi connectivity index (χ2n) is 8.58. The first kappa shape index (κ1) is 26.0. The third kappa shape index (κ3) is 6.02. The summed E-state index contributed by atoms with van der Waals surface area (Å²) in [6, 6.07) is 25.5. The number of fused-ring (bicyclic) bond motifs is 1. The minimum absolute atomic E-state index is 0.0198. The molecule has 37 heavy (non-hydrogen) atoms. The number of nitriles is 1. The van der Waals surface area contributed by atoms with Crippen molar-refractivity contribution >= 4 is 44.4 Å². The fraction of sp³-hybridized carbons (Fsp3) is 0.161. The standard InChI is InChI=1S/C31H27BrN2O3/c1-4-21-10-13-25(14-11-21)34-31(35)24(18-33)15-22-16-28(32)30(29(17-22)36-3)37-19-27-20(2)9-12-23-7-5-6-8-26(23)27/h5-17H,4,19H2,1-3H3,(H,34,35)/b24-15+. The van der Waals surface area contributed by atoms with E-state index in [0.29, 0.717) is 33.8 Å². The van der Waals surface area contributed by atoms with Crippen LogP contribution in [0.3, 0.4) is 0 Å². The number of ether oxygens (including phenoxy) is 2. The molecule has 0 bridgehead atoms. The zero-order valence-corrected chi connectivity index (χ0v) is 22.6. The highest BCUT2D eigenvalue weighted by Gasteiger charge is 2.15. The number of amides is 1. The van der Waals surface area contributed by atoms with Crippen molar-refractivity contribution in [3.05, 3.63) is 105 Å². The number of hydrogen-bond donors (Lipinski definition) is 1. The number of benzene rings is 4. The van der Waals surface area contributed by atoms with Gasteiger partial charge in [0.25, 0.3) is 5.91 Å². The maximum Gasteiger partial charge on any atom is 0.266 e. The quantitative estimate of drug-likeness (QED) is 0.180. The molecular formula is C31H27BrN2O3. The Hall–Kier alpha value is -4.08. The number of rotatable bonds is 8. The van der Waals surface area contributed by atoms with Gasteiger partial charge in [-0.25, -0.2) is 0 Å². The highest BCUT2D eigenvalue weighted by atomic mass is 79.9. The second kappa shape index (κ2) is 11.8. The Kier molecular flexibility index (Phi) is 8.27. The lowest BCUT2D eigenvalue weighted by molar-refractivity contribution is -0.112. The van der Waals surface area contributed by atoms with Crippen LogP contribution in [0.1, 0.15) is 29.2 Å². The van der Waals surface area contributed by atoms with Crippen molar-refractivity contribution in [3.8, 4) is 17.6 Å². The molecule has 0 spiro atoms. The first-order valence-corrected chi connectivity index (χ1v) is 12.7. The molecule has 0 atom stereocenters. The molecule has 6 heteroatoms. The van der Waals surface area contributed by atoms with E-state index in [4.69, 9.17) is 9.47 Å². The smallest absolute Gasteiger partial charge is 0.266 e. The Balaban J connectivity index is 1.57. The van der Waals surface area contributed by atoms with Gasteiger partial charge in [0, 0.05) is 11.3 Å². The molecule has 0 heterocycles. The minimum atomic E-state index is -0.478. The maximum atomic E-state index is 12.7. The fourth-order valence-electron chi connectivity index (χ4n) is 4.08. The SMILES string of the molecule is CCc1ccc(NC(=O)/C(C#N)=C/c2cc(Br)c(OCc3c(C)ccc4ccccc34)c(OC)c2)cc1. The highest BCUT2D eigenvalue weighted by Crippen LogP contribution is 2.38. The Labute approximate surface area is 225 Å². The van der Waals surface area contributed by atoms with Gasteiger partial charge in [-0.05, 0) is 87.1 Å². The normalized spacial score (nSPS) is 11.2. The summed E-state index contributed by atoms with van der Waals surface area (Å²) in [4.78, 5) is 12.7. The largest absolute Gasteiger partial charge is 0.493 e. The van der Waals surface area contributed by atoms with Crippen LogP contribution in [0.15, 0.2) is 82.8 Å². The van der Waals surface area contributed by atoms with Gasteiger partial charge in [-0.3, -0.25) is 4.79 Å². The first-order chi connectivity index (χ1) is 17.9. The predicted molar refractivity (Wildman–Crippen MR) is 152 cm³/mol. The fourth-order valence-corrected chi connectivity index (χ4v) is 4.66. The van der Waals surface area contributed by atoms with Crippen LogP contribution in [0.4, 0.5) is 5.69 Å². The van der Waals surface area contributed by atoms with Crippen molar-refractivity contribution in [3.63, 3.8) is 0 Å². The molecule has 1 amide bonds. The van der Waals surface area contributed by atoms with Gasteiger partial charge in [0.2, 0.25) is 0 Å². The molecule has 0 unspecified atom stereocenters. The summed E-state index contributed by atoms with van der Waals surface area (Å²) < 4.78 is 12.5. The van der Waals surface area contributed by atoms with Gasteiger partial charge < -0.3 is 14.8 Å². The highest BCUT2D eigenvalue weighted by molar-refractivity contribution is 9.10. The van der Waals surface area contributed by atoms with Gasteiger partial charge in [-0.1, -0.05) is 55.5 Å². The lowest BCUT2D eigenvalue weighted by Gasteiger charge is -2.16.